The molecule has 3 amide bonds. The molecule has 0 radical (unpaired) electrons. The third-order valence-electron chi connectivity index (χ3n) is 3.69. The van der Waals surface area contributed by atoms with Crippen molar-refractivity contribution < 1.29 is 9.59 Å². The van der Waals surface area contributed by atoms with Gasteiger partial charge >= 0.3 is 6.03 Å². The second-order valence-corrected chi connectivity index (χ2v) is 5.80. The van der Waals surface area contributed by atoms with Crippen LogP contribution in [-0.4, -0.2) is 30.9 Å². The van der Waals surface area contributed by atoms with Crippen LogP contribution in [0.25, 0.3) is 0 Å². The number of nitriles is 1. The van der Waals surface area contributed by atoms with Crippen LogP contribution in [0.2, 0.25) is 0 Å². The first-order chi connectivity index (χ1) is 11.9. The summed E-state index contributed by atoms with van der Waals surface area (Å²) in [5.41, 5.74) is 2.57. The van der Waals surface area contributed by atoms with Gasteiger partial charge in [0, 0.05) is 25.3 Å². The molecule has 0 aliphatic rings. The fraction of sp³-hybridized carbons (Fsp3) is 0.211. The van der Waals surface area contributed by atoms with Crippen LogP contribution < -0.4 is 10.6 Å². The summed E-state index contributed by atoms with van der Waals surface area (Å²) in [5, 5.41) is 14.8. The average molecular weight is 336 g/mol. The highest BCUT2D eigenvalue weighted by atomic mass is 16.2. The molecule has 2 aromatic carbocycles. The molecule has 0 aliphatic carbocycles. The summed E-state index contributed by atoms with van der Waals surface area (Å²) >= 11 is 0. The van der Waals surface area contributed by atoms with E-state index in [1.165, 1.54) is 4.90 Å². The van der Waals surface area contributed by atoms with Crippen molar-refractivity contribution in [3.8, 4) is 6.07 Å². The lowest BCUT2D eigenvalue weighted by atomic mass is 10.0. The number of urea groups is 1. The highest BCUT2D eigenvalue weighted by Gasteiger charge is 2.17. The van der Waals surface area contributed by atoms with Crippen molar-refractivity contribution in [2.24, 2.45) is 0 Å². The van der Waals surface area contributed by atoms with Crippen LogP contribution in [0.4, 0.5) is 10.5 Å². The van der Waals surface area contributed by atoms with E-state index in [-0.39, 0.29) is 11.9 Å². The first kappa shape index (κ1) is 18.0. The predicted octanol–water partition coefficient (Wildman–Crippen LogP) is 3.08. The molecule has 0 saturated heterocycles. The van der Waals surface area contributed by atoms with Crippen molar-refractivity contribution >= 4 is 17.6 Å². The Labute approximate surface area is 147 Å². The number of carbonyl (C=O) groups is 2. The number of carbonyl (C=O) groups excluding carboxylic acids is 2. The van der Waals surface area contributed by atoms with Gasteiger partial charge in [-0.2, -0.15) is 5.26 Å². The van der Waals surface area contributed by atoms with E-state index in [1.54, 1.807) is 38.4 Å². The summed E-state index contributed by atoms with van der Waals surface area (Å²) in [7, 11) is 3.26. The topological polar surface area (TPSA) is 85.2 Å². The molecule has 1 unspecified atom stereocenters. The van der Waals surface area contributed by atoms with Gasteiger partial charge in [-0.15, -0.1) is 0 Å². The molecule has 128 valence electrons. The van der Waals surface area contributed by atoms with E-state index in [1.807, 2.05) is 31.2 Å². The van der Waals surface area contributed by atoms with E-state index in [2.05, 4.69) is 16.7 Å². The molecule has 0 aromatic heterocycles. The van der Waals surface area contributed by atoms with Gasteiger partial charge in [-0.1, -0.05) is 30.3 Å². The lowest BCUT2D eigenvalue weighted by molar-refractivity contribution is 0.0945. The van der Waals surface area contributed by atoms with Crippen LogP contribution in [0.5, 0.6) is 0 Å². The van der Waals surface area contributed by atoms with Gasteiger partial charge in [0.2, 0.25) is 0 Å². The fourth-order valence-corrected chi connectivity index (χ4v) is 2.28. The first-order valence-corrected chi connectivity index (χ1v) is 7.76. The lowest BCUT2D eigenvalue weighted by Gasteiger charge is -2.15. The van der Waals surface area contributed by atoms with E-state index in [4.69, 9.17) is 0 Å². The van der Waals surface area contributed by atoms with E-state index in [0.717, 1.165) is 11.1 Å². The maximum Gasteiger partial charge on any atom is 0.321 e. The molecule has 2 aromatic rings. The Kier molecular flexibility index (Phi) is 5.75. The number of rotatable bonds is 4. The third kappa shape index (κ3) is 4.58. The number of hydrogen-bond acceptors (Lipinski definition) is 3. The molecule has 0 saturated carbocycles. The summed E-state index contributed by atoms with van der Waals surface area (Å²) < 4.78 is 0. The van der Waals surface area contributed by atoms with Crippen molar-refractivity contribution in [1.82, 2.24) is 10.2 Å². The molecule has 25 heavy (non-hydrogen) atoms. The van der Waals surface area contributed by atoms with Crippen LogP contribution in [0.1, 0.15) is 27.5 Å². The van der Waals surface area contributed by atoms with Crippen LogP contribution in [-0.2, 0) is 0 Å². The molecule has 0 bridgehead atoms. The maximum atomic E-state index is 12.5. The zero-order chi connectivity index (χ0) is 18.4. The van der Waals surface area contributed by atoms with E-state index < -0.39 is 6.04 Å². The normalized spacial score (nSPS) is 11.1. The van der Waals surface area contributed by atoms with Gasteiger partial charge in [0.1, 0.15) is 6.04 Å². The van der Waals surface area contributed by atoms with Crippen molar-refractivity contribution in [1.29, 1.82) is 5.26 Å². The smallest absolute Gasteiger partial charge is 0.321 e. The SMILES string of the molecule is Cc1ccccc1C(C#N)NC(=O)c1cccc(NC(=O)N(C)C)c1. The summed E-state index contributed by atoms with van der Waals surface area (Å²) in [4.78, 5) is 25.6. The number of nitrogens with one attached hydrogen (secondary N) is 2. The summed E-state index contributed by atoms with van der Waals surface area (Å²) in [6.45, 7) is 1.89. The van der Waals surface area contributed by atoms with Crippen molar-refractivity contribution in [3.63, 3.8) is 0 Å². The van der Waals surface area contributed by atoms with Crippen LogP contribution in [0.3, 0.4) is 0 Å². The highest BCUT2D eigenvalue weighted by Crippen LogP contribution is 2.18. The summed E-state index contributed by atoms with van der Waals surface area (Å²) in [6.07, 6.45) is 0. The predicted molar refractivity (Wildman–Crippen MR) is 96.1 cm³/mol. The molecule has 0 aliphatic heterocycles. The van der Waals surface area contributed by atoms with E-state index >= 15 is 0 Å². The Balaban J connectivity index is 2.16. The minimum atomic E-state index is -0.742. The minimum absolute atomic E-state index is 0.285. The van der Waals surface area contributed by atoms with Crippen molar-refractivity contribution in [2.75, 3.05) is 19.4 Å². The third-order valence-corrected chi connectivity index (χ3v) is 3.69. The van der Waals surface area contributed by atoms with Gasteiger partial charge in [0.25, 0.3) is 5.91 Å². The number of amides is 3. The Hall–Kier alpha value is -3.33. The first-order valence-electron chi connectivity index (χ1n) is 7.76. The van der Waals surface area contributed by atoms with Gasteiger partial charge in [0.05, 0.1) is 6.07 Å². The molecule has 0 fully saturated rings. The van der Waals surface area contributed by atoms with Gasteiger partial charge in [-0.3, -0.25) is 4.79 Å². The molecule has 6 heteroatoms. The van der Waals surface area contributed by atoms with Gasteiger partial charge in [-0.05, 0) is 36.2 Å². The second-order valence-electron chi connectivity index (χ2n) is 5.80. The van der Waals surface area contributed by atoms with E-state index in [0.29, 0.717) is 11.3 Å². The zero-order valence-corrected chi connectivity index (χ0v) is 14.4. The standard InChI is InChI=1S/C19H20N4O2/c1-13-7-4-5-10-16(13)17(12-20)22-18(24)14-8-6-9-15(11-14)21-19(25)23(2)3/h4-11,17H,1-3H3,(H,21,25)(H,22,24). The molecule has 6 nitrogen and oxygen atoms in total. The number of nitrogens with zero attached hydrogens (tertiary/aromatic N) is 2. The molecular weight excluding hydrogens is 316 g/mol. The highest BCUT2D eigenvalue weighted by molar-refractivity contribution is 5.97. The molecule has 0 heterocycles. The summed E-state index contributed by atoms with van der Waals surface area (Å²) in [5.74, 6) is -0.379. The quantitative estimate of drug-likeness (QED) is 0.900. The summed E-state index contributed by atoms with van der Waals surface area (Å²) in [6, 6.07) is 15.1. The van der Waals surface area contributed by atoms with Crippen molar-refractivity contribution in [3.05, 3.63) is 65.2 Å². The number of benzene rings is 2. The monoisotopic (exact) mass is 336 g/mol. The lowest BCUT2D eigenvalue weighted by Crippen LogP contribution is -2.29. The van der Waals surface area contributed by atoms with Crippen LogP contribution in [0.15, 0.2) is 48.5 Å². The van der Waals surface area contributed by atoms with Gasteiger partial charge < -0.3 is 15.5 Å². The molecular formula is C19H20N4O2. The van der Waals surface area contributed by atoms with Gasteiger partial charge in [-0.25, -0.2) is 4.79 Å². The number of hydrogen-bond donors (Lipinski definition) is 2. The number of aryl methyl sites for hydroxylation is 1. The molecule has 2 N–H and O–H groups in total. The van der Waals surface area contributed by atoms with Crippen molar-refractivity contribution in [2.45, 2.75) is 13.0 Å². The largest absolute Gasteiger partial charge is 0.332 e. The van der Waals surface area contributed by atoms with Crippen LogP contribution in [0, 0.1) is 18.3 Å². The Morgan fingerprint density at radius 1 is 1.12 bits per heavy atom. The minimum Gasteiger partial charge on any atom is -0.332 e. The Morgan fingerprint density at radius 3 is 2.48 bits per heavy atom. The fourth-order valence-electron chi connectivity index (χ4n) is 2.28. The Morgan fingerprint density at radius 2 is 1.84 bits per heavy atom. The van der Waals surface area contributed by atoms with E-state index in [9.17, 15) is 14.9 Å². The molecule has 2 rings (SSSR count). The Bertz CT molecular complexity index is 824. The van der Waals surface area contributed by atoms with Gasteiger partial charge in [0.15, 0.2) is 0 Å². The second kappa shape index (κ2) is 7.97. The number of anilines is 1. The molecule has 0 spiro atoms. The maximum absolute atomic E-state index is 12.5. The average Bonchev–Trinajstić information content (AvgIpc) is 2.60. The molecule has 1 atom stereocenters. The van der Waals surface area contributed by atoms with Crippen LogP contribution >= 0.6 is 0 Å². The zero-order valence-electron chi connectivity index (χ0n) is 14.4.